The summed E-state index contributed by atoms with van der Waals surface area (Å²) in [4.78, 5) is 25.9. The van der Waals surface area contributed by atoms with Gasteiger partial charge in [-0.3, -0.25) is 14.5 Å². The van der Waals surface area contributed by atoms with Crippen LogP contribution in [0.5, 0.6) is 0 Å². The van der Waals surface area contributed by atoms with E-state index in [1.807, 2.05) is 0 Å². The highest BCUT2D eigenvalue weighted by Gasteiger charge is 2.70. The van der Waals surface area contributed by atoms with Gasteiger partial charge in [0.05, 0.1) is 5.57 Å². The number of hydrogen-bond acceptors (Lipinski definition) is 3. The van der Waals surface area contributed by atoms with Crippen molar-refractivity contribution in [1.29, 1.82) is 0 Å². The molecule has 7 heteroatoms. The number of benzene rings is 1. The van der Waals surface area contributed by atoms with Crippen molar-refractivity contribution in [2.45, 2.75) is 45.4 Å². The lowest BCUT2D eigenvalue weighted by molar-refractivity contribution is -0.235. The van der Waals surface area contributed by atoms with Gasteiger partial charge in [0.2, 0.25) is 0 Å². The van der Waals surface area contributed by atoms with Crippen molar-refractivity contribution in [1.82, 2.24) is 0 Å². The number of hydrogen-bond donors (Lipinski definition) is 1. The number of halogens is 3. The first kappa shape index (κ1) is 17.7. The third-order valence-electron chi connectivity index (χ3n) is 4.70. The van der Waals surface area contributed by atoms with E-state index in [0.29, 0.717) is 0 Å². The molecule has 25 heavy (non-hydrogen) atoms. The van der Waals surface area contributed by atoms with Crippen LogP contribution in [0.15, 0.2) is 35.5 Å². The van der Waals surface area contributed by atoms with Crippen LogP contribution < -0.4 is 4.90 Å². The molecule has 3 rings (SSSR count). The number of nitrogens with zero attached hydrogens (tertiary/aromatic N) is 1. The standard InChI is InChI=1S/C18H18F3NO3/c1-10-4-6-11(7-5-10)22-12-8-16(2,3)9-13(23)14(12)17(25,15(22)24)18(19,20)21/h4-7,25H,8-9H2,1-3H3/t17-/m0/s1. The number of carbonyl (C=O) groups excluding carboxylic acids is 2. The van der Waals surface area contributed by atoms with E-state index >= 15 is 0 Å². The van der Waals surface area contributed by atoms with E-state index in [1.54, 1.807) is 32.9 Å². The average Bonchev–Trinajstić information content (AvgIpc) is 2.68. The van der Waals surface area contributed by atoms with Gasteiger partial charge in [0.25, 0.3) is 11.5 Å². The van der Waals surface area contributed by atoms with Crippen LogP contribution in [0.2, 0.25) is 0 Å². The number of ketones is 1. The van der Waals surface area contributed by atoms with Crippen molar-refractivity contribution < 1.29 is 27.9 Å². The predicted molar refractivity (Wildman–Crippen MR) is 84.7 cm³/mol. The average molecular weight is 353 g/mol. The zero-order valence-electron chi connectivity index (χ0n) is 14.1. The molecule has 1 aliphatic carbocycles. The molecule has 4 nitrogen and oxygen atoms in total. The number of alkyl halides is 3. The molecule has 1 aromatic rings. The summed E-state index contributed by atoms with van der Waals surface area (Å²) >= 11 is 0. The second kappa shape index (κ2) is 5.17. The molecule has 1 N–H and O–H groups in total. The van der Waals surface area contributed by atoms with Gasteiger partial charge in [-0.1, -0.05) is 31.5 Å². The summed E-state index contributed by atoms with van der Waals surface area (Å²) < 4.78 is 40.8. The zero-order valence-corrected chi connectivity index (χ0v) is 14.1. The molecule has 0 spiro atoms. The highest BCUT2D eigenvalue weighted by molar-refractivity contribution is 6.18. The molecule has 0 radical (unpaired) electrons. The maximum Gasteiger partial charge on any atom is 0.430 e. The third kappa shape index (κ3) is 2.49. The van der Waals surface area contributed by atoms with Crippen LogP contribution in [-0.4, -0.2) is 28.6 Å². The molecule has 0 saturated heterocycles. The molecule has 0 bridgehead atoms. The molecule has 0 saturated carbocycles. The summed E-state index contributed by atoms with van der Waals surface area (Å²) in [5, 5.41) is 10.3. The minimum absolute atomic E-state index is 0.0603. The van der Waals surface area contributed by atoms with Crippen LogP contribution in [0.3, 0.4) is 0 Å². The Bertz CT molecular complexity index is 793. The van der Waals surface area contributed by atoms with Crippen LogP contribution in [-0.2, 0) is 9.59 Å². The number of carbonyl (C=O) groups is 2. The Labute approximate surface area is 142 Å². The fourth-order valence-electron chi connectivity index (χ4n) is 3.51. The number of aliphatic hydroxyl groups is 1. The van der Waals surface area contributed by atoms with Gasteiger partial charge in [-0.05, 0) is 30.9 Å². The van der Waals surface area contributed by atoms with Crippen LogP contribution in [0, 0.1) is 12.3 Å². The van der Waals surface area contributed by atoms with Crippen LogP contribution in [0.25, 0.3) is 0 Å². The highest BCUT2D eigenvalue weighted by Crippen LogP contribution is 2.52. The Kier molecular flexibility index (Phi) is 3.66. The SMILES string of the molecule is Cc1ccc(N2C(=O)[C@](O)(C(F)(F)F)C3=C2CC(C)(C)CC3=O)cc1. The molecule has 1 heterocycles. The van der Waals surface area contributed by atoms with Crippen molar-refractivity contribution in [3.05, 3.63) is 41.1 Å². The number of rotatable bonds is 1. The topological polar surface area (TPSA) is 57.6 Å². The second-order valence-electron chi connectivity index (χ2n) is 7.45. The Hall–Kier alpha value is -2.15. The monoisotopic (exact) mass is 353 g/mol. The van der Waals surface area contributed by atoms with Gasteiger partial charge in [0, 0.05) is 17.8 Å². The highest BCUT2D eigenvalue weighted by atomic mass is 19.4. The maximum atomic E-state index is 13.6. The molecule has 1 amide bonds. The Balaban J connectivity index is 2.25. The predicted octanol–water partition coefficient (Wildman–Crippen LogP) is 3.28. The van der Waals surface area contributed by atoms with E-state index in [1.165, 1.54) is 12.1 Å². The minimum atomic E-state index is -5.28. The molecule has 0 unspecified atom stereocenters. The fourth-order valence-corrected chi connectivity index (χ4v) is 3.51. The van der Waals surface area contributed by atoms with Gasteiger partial charge in [0.15, 0.2) is 5.78 Å². The summed E-state index contributed by atoms with van der Waals surface area (Å²) in [6, 6.07) is 6.32. The second-order valence-corrected chi connectivity index (χ2v) is 7.45. The molecular weight excluding hydrogens is 335 g/mol. The van der Waals surface area contributed by atoms with Crippen LogP contribution in [0.1, 0.15) is 32.3 Å². The minimum Gasteiger partial charge on any atom is -0.368 e. The molecule has 1 aromatic carbocycles. The number of amides is 1. The molecular formula is C18H18F3NO3. The Morgan fingerprint density at radius 3 is 2.16 bits per heavy atom. The summed E-state index contributed by atoms with van der Waals surface area (Å²) in [5.41, 5.74) is -4.21. The smallest absolute Gasteiger partial charge is 0.368 e. The van der Waals surface area contributed by atoms with Crippen LogP contribution in [0.4, 0.5) is 18.9 Å². The third-order valence-corrected chi connectivity index (χ3v) is 4.70. The lowest BCUT2D eigenvalue weighted by Gasteiger charge is -2.33. The molecule has 0 fully saturated rings. The van der Waals surface area contributed by atoms with E-state index in [-0.39, 0.29) is 24.2 Å². The Morgan fingerprint density at radius 2 is 1.64 bits per heavy atom. The van der Waals surface area contributed by atoms with Crippen molar-refractivity contribution in [3.8, 4) is 0 Å². The van der Waals surface area contributed by atoms with Crippen molar-refractivity contribution in [2.24, 2.45) is 5.41 Å². The van der Waals surface area contributed by atoms with E-state index in [2.05, 4.69) is 0 Å². The first-order valence-corrected chi connectivity index (χ1v) is 7.86. The number of allylic oxidation sites excluding steroid dienone is 1. The lowest BCUT2D eigenvalue weighted by Crippen LogP contribution is -2.55. The molecule has 2 aliphatic rings. The largest absolute Gasteiger partial charge is 0.430 e. The van der Waals surface area contributed by atoms with Crippen molar-refractivity contribution in [2.75, 3.05) is 4.90 Å². The van der Waals surface area contributed by atoms with Crippen molar-refractivity contribution in [3.63, 3.8) is 0 Å². The first-order valence-electron chi connectivity index (χ1n) is 7.86. The zero-order chi connectivity index (χ0) is 18.8. The van der Waals surface area contributed by atoms with Crippen LogP contribution >= 0.6 is 0 Å². The molecule has 1 aliphatic heterocycles. The van der Waals surface area contributed by atoms with Crippen molar-refractivity contribution >= 4 is 17.4 Å². The maximum absolute atomic E-state index is 13.6. The van der Waals surface area contributed by atoms with Gasteiger partial charge >= 0.3 is 6.18 Å². The summed E-state index contributed by atoms with van der Waals surface area (Å²) in [7, 11) is 0. The van der Waals surface area contributed by atoms with E-state index in [4.69, 9.17) is 0 Å². The fraction of sp³-hybridized carbons (Fsp3) is 0.444. The number of anilines is 1. The van der Waals surface area contributed by atoms with Gasteiger partial charge in [0.1, 0.15) is 0 Å². The van der Waals surface area contributed by atoms with E-state index in [0.717, 1.165) is 10.5 Å². The normalized spacial score (nSPS) is 26.3. The summed E-state index contributed by atoms with van der Waals surface area (Å²) in [5.74, 6) is -2.38. The summed E-state index contributed by atoms with van der Waals surface area (Å²) in [6.07, 6.45) is -5.34. The Morgan fingerprint density at radius 1 is 1.08 bits per heavy atom. The van der Waals surface area contributed by atoms with Gasteiger partial charge in [-0.15, -0.1) is 0 Å². The van der Waals surface area contributed by atoms with Gasteiger partial charge in [-0.2, -0.15) is 13.2 Å². The molecule has 1 atom stereocenters. The lowest BCUT2D eigenvalue weighted by atomic mass is 9.73. The molecule has 0 aromatic heterocycles. The number of Topliss-reactive ketones (excluding diaryl/α,β-unsaturated/α-hetero) is 1. The molecule has 134 valence electrons. The van der Waals surface area contributed by atoms with Gasteiger partial charge in [-0.25, -0.2) is 0 Å². The number of aryl methyl sites for hydroxylation is 1. The van der Waals surface area contributed by atoms with E-state index < -0.39 is 34.5 Å². The van der Waals surface area contributed by atoms with Gasteiger partial charge < -0.3 is 5.11 Å². The first-order chi connectivity index (χ1) is 11.4. The van der Waals surface area contributed by atoms with E-state index in [9.17, 15) is 27.9 Å². The summed E-state index contributed by atoms with van der Waals surface area (Å²) in [6.45, 7) is 5.30. The quantitative estimate of drug-likeness (QED) is 0.843.